The van der Waals surface area contributed by atoms with Crippen molar-refractivity contribution in [3.05, 3.63) is 54.1 Å². The third-order valence-electron chi connectivity index (χ3n) is 5.23. The molecule has 0 spiro atoms. The van der Waals surface area contributed by atoms with Crippen LogP contribution in [0.15, 0.2) is 47.2 Å². The summed E-state index contributed by atoms with van der Waals surface area (Å²) in [4.78, 5) is 20.8. The Labute approximate surface area is 162 Å². The molecule has 8 nitrogen and oxygen atoms in total. The van der Waals surface area contributed by atoms with Crippen LogP contribution in [-0.2, 0) is 0 Å². The summed E-state index contributed by atoms with van der Waals surface area (Å²) in [6, 6.07) is 9.48. The van der Waals surface area contributed by atoms with Gasteiger partial charge in [-0.05, 0) is 37.1 Å². The van der Waals surface area contributed by atoms with Crippen molar-refractivity contribution < 1.29 is 9.32 Å². The molecule has 1 amide bonds. The lowest BCUT2D eigenvalue weighted by Gasteiger charge is -2.34. The van der Waals surface area contributed by atoms with E-state index >= 15 is 0 Å². The van der Waals surface area contributed by atoms with Crippen LogP contribution in [0.5, 0.6) is 0 Å². The van der Waals surface area contributed by atoms with Crippen LogP contribution in [0.25, 0.3) is 11.3 Å². The molecule has 1 aliphatic heterocycles. The number of carbonyl (C=O) groups excluding carboxylic acids is 1. The van der Waals surface area contributed by atoms with Gasteiger partial charge in [0.25, 0.3) is 5.91 Å². The van der Waals surface area contributed by atoms with Crippen molar-refractivity contribution in [1.82, 2.24) is 25.2 Å². The molecule has 0 atom stereocenters. The van der Waals surface area contributed by atoms with Crippen molar-refractivity contribution in [3.63, 3.8) is 0 Å². The number of pyridine rings is 1. The highest BCUT2D eigenvalue weighted by Crippen LogP contribution is 2.38. The Morgan fingerprint density at radius 3 is 2.61 bits per heavy atom. The van der Waals surface area contributed by atoms with Crippen LogP contribution < -0.4 is 4.90 Å². The Hall–Kier alpha value is -3.29. The standard InChI is InChI=1S/C20H20N6O2/c27-20(17-12-18(28-24-17)15-2-1-7-21-13-15)26-10-8-25(9-11-26)19-6-5-16(22-23-19)14-3-4-14/h1-2,5-7,12-14H,3-4,8-11H2. The third kappa shape index (κ3) is 3.33. The lowest BCUT2D eigenvalue weighted by molar-refractivity contribution is 0.0736. The van der Waals surface area contributed by atoms with Gasteiger partial charge in [-0.3, -0.25) is 9.78 Å². The van der Waals surface area contributed by atoms with Crippen molar-refractivity contribution in [2.75, 3.05) is 31.1 Å². The molecule has 0 radical (unpaired) electrons. The van der Waals surface area contributed by atoms with E-state index in [9.17, 15) is 4.79 Å². The summed E-state index contributed by atoms with van der Waals surface area (Å²) >= 11 is 0. The van der Waals surface area contributed by atoms with Crippen LogP contribution in [0.1, 0.15) is 34.9 Å². The van der Waals surface area contributed by atoms with E-state index in [0.29, 0.717) is 30.5 Å². The van der Waals surface area contributed by atoms with E-state index in [1.807, 2.05) is 18.2 Å². The SMILES string of the molecule is O=C(c1cc(-c2cccnc2)on1)N1CCN(c2ccc(C3CC3)nn2)CC1. The number of rotatable bonds is 4. The average molecular weight is 376 g/mol. The summed E-state index contributed by atoms with van der Waals surface area (Å²) < 4.78 is 5.32. The summed E-state index contributed by atoms with van der Waals surface area (Å²) in [6.45, 7) is 2.66. The lowest BCUT2D eigenvalue weighted by Crippen LogP contribution is -2.49. The number of nitrogens with zero attached hydrogens (tertiary/aromatic N) is 6. The Balaban J connectivity index is 1.21. The van der Waals surface area contributed by atoms with Gasteiger partial charge in [0.05, 0.1) is 5.69 Å². The number of amides is 1. The van der Waals surface area contributed by atoms with Gasteiger partial charge in [0, 0.05) is 56.1 Å². The van der Waals surface area contributed by atoms with E-state index in [4.69, 9.17) is 4.52 Å². The zero-order valence-corrected chi connectivity index (χ0v) is 15.4. The zero-order valence-electron chi connectivity index (χ0n) is 15.4. The van der Waals surface area contributed by atoms with E-state index in [1.165, 1.54) is 12.8 Å². The highest BCUT2D eigenvalue weighted by atomic mass is 16.5. The molecular weight excluding hydrogens is 356 g/mol. The van der Waals surface area contributed by atoms with Crippen LogP contribution in [0.4, 0.5) is 5.82 Å². The minimum Gasteiger partial charge on any atom is -0.355 e. The van der Waals surface area contributed by atoms with Gasteiger partial charge in [-0.2, -0.15) is 5.10 Å². The second-order valence-corrected chi connectivity index (χ2v) is 7.19. The maximum Gasteiger partial charge on any atom is 0.276 e. The van der Waals surface area contributed by atoms with Gasteiger partial charge in [-0.15, -0.1) is 5.10 Å². The normalized spacial score (nSPS) is 17.0. The zero-order chi connectivity index (χ0) is 18.9. The van der Waals surface area contributed by atoms with E-state index < -0.39 is 0 Å². The molecule has 8 heteroatoms. The number of carbonyl (C=O) groups is 1. The van der Waals surface area contributed by atoms with Crippen molar-refractivity contribution in [3.8, 4) is 11.3 Å². The van der Waals surface area contributed by atoms with Crippen molar-refractivity contribution in [1.29, 1.82) is 0 Å². The molecule has 0 unspecified atom stereocenters. The maximum absolute atomic E-state index is 12.8. The first-order valence-corrected chi connectivity index (χ1v) is 9.53. The summed E-state index contributed by atoms with van der Waals surface area (Å²) in [7, 11) is 0. The number of aromatic nitrogens is 4. The average Bonchev–Trinajstić information content (AvgIpc) is 3.50. The number of anilines is 1. The molecule has 0 N–H and O–H groups in total. The van der Waals surface area contributed by atoms with Crippen LogP contribution in [0.2, 0.25) is 0 Å². The summed E-state index contributed by atoms with van der Waals surface area (Å²) in [5.41, 5.74) is 2.21. The first-order chi connectivity index (χ1) is 13.8. The van der Waals surface area contributed by atoms with E-state index in [-0.39, 0.29) is 5.91 Å². The number of hydrogen-bond donors (Lipinski definition) is 0. The minimum absolute atomic E-state index is 0.117. The summed E-state index contributed by atoms with van der Waals surface area (Å²) in [6.07, 6.45) is 5.82. The Kier molecular flexibility index (Phi) is 4.23. The quantitative estimate of drug-likeness (QED) is 0.691. The van der Waals surface area contributed by atoms with Crippen LogP contribution in [0.3, 0.4) is 0 Å². The molecule has 1 saturated carbocycles. The molecule has 3 aromatic heterocycles. The summed E-state index contributed by atoms with van der Waals surface area (Å²) in [5.74, 6) is 1.90. The maximum atomic E-state index is 12.8. The van der Waals surface area contributed by atoms with Gasteiger partial charge < -0.3 is 14.3 Å². The second kappa shape index (κ2) is 7.03. The van der Waals surface area contributed by atoms with Gasteiger partial charge in [-0.1, -0.05) is 5.16 Å². The largest absolute Gasteiger partial charge is 0.355 e. The Bertz CT molecular complexity index is 960. The van der Waals surface area contributed by atoms with Gasteiger partial charge in [0.2, 0.25) is 0 Å². The Morgan fingerprint density at radius 2 is 1.93 bits per heavy atom. The molecule has 4 heterocycles. The fraction of sp³-hybridized carbons (Fsp3) is 0.350. The fourth-order valence-corrected chi connectivity index (χ4v) is 3.42. The predicted molar refractivity (Wildman–Crippen MR) is 102 cm³/mol. The van der Waals surface area contributed by atoms with Crippen molar-refractivity contribution >= 4 is 11.7 Å². The van der Waals surface area contributed by atoms with E-state index in [0.717, 1.165) is 30.2 Å². The van der Waals surface area contributed by atoms with Gasteiger partial charge in [-0.25, -0.2) is 0 Å². The molecule has 3 aromatic rings. The van der Waals surface area contributed by atoms with Gasteiger partial charge >= 0.3 is 0 Å². The molecule has 142 valence electrons. The van der Waals surface area contributed by atoms with Crippen LogP contribution >= 0.6 is 0 Å². The predicted octanol–water partition coefficient (Wildman–Crippen LogP) is 2.37. The molecule has 0 aromatic carbocycles. The fourth-order valence-electron chi connectivity index (χ4n) is 3.42. The molecule has 1 saturated heterocycles. The second-order valence-electron chi connectivity index (χ2n) is 7.19. The first-order valence-electron chi connectivity index (χ1n) is 9.53. The highest BCUT2D eigenvalue weighted by Gasteiger charge is 2.27. The Morgan fingerprint density at radius 1 is 1.07 bits per heavy atom. The van der Waals surface area contributed by atoms with Gasteiger partial charge in [0.15, 0.2) is 17.3 Å². The topological polar surface area (TPSA) is 88.3 Å². The molecule has 2 aliphatic rings. The molecule has 5 rings (SSSR count). The monoisotopic (exact) mass is 376 g/mol. The molecule has 0 bridgehead atoms. The molecular formula is C20H20N6O2. The molecule has 2 fully saturated rings. The molecule has 1 aliphatic carbocycles. The van der Waals surface area contributed by atoms with Crippen LogP contribution in [-0.4, -0.2) is 57.3 Å². The highest BCUT2D eigenvalue weighted by molar-refractivity contribution is 5.93. The van der Waals surface area contributed by atoms with Crippen LogP contribution in [0, 0.1) is 0 Å². The lowest BCUT2D eigenvalue weighted by atomic mass is 10.2. The minimum atomic E-state index is -0.117. The smallest absolute Gasteiger partial charge is 0.276 e. The molecule has 28 heavy (non-hydrogen) atoms. The first kappa shape index (κ1) is 16.9. The number of hydrogen-bond acceptors (Lipinski definition) is 7. The number of piperazine rings is 1. The third-order valence-corrected chi connectivity index (χ3v) is 5.23. The van der Waals surface area contributed by atoms with Gasteiger partial charge in [0.1, 0.15) is 0 Å². The van der Waals surface area contributed by atoms with E-state index in [2.05, 4.69) is 31.3 Å². The van der Waals surface area contributed by atoms with Crippen molar-refractivity contribution in [2.45, 2.75) is 18.8 Å². The van der Waals surface area contributed by atoms with E-state index in [1.54, 1.807) is 23.4 Å². The van der Waals surface area contributed by atoms with Crippen molar-refractivity contribution in [2.24, 2.45) is 0 Å². The summed E-state index contributed by atoms with van der Waals surface area (Å²) in [5, 5.41) is 12.7.